The van der Waals surface area contributed by atoms with Crippen molar-refractivity contribution in [1.82, 2.24) is 0 Å². The first-order chi connectivity index (χ1) is 8.99. The first kappa shape index (κ1) is 16.3. The monoisotopic (exact) mass is 308 g/mol. The molecule has 0 radical (unpaired) electrons. The van der Waals surface area contributed by atoms with Gasteiger partial charge in [0, 0.05) is 0 Å². The lowest BCUT2D eigenvalue weighted by Gasteiger charge is -2.28. The molecule has 0 aliphatic rings. The molecule has 0 unspecified atom stereocenters. The average Bonchev–Trinajstić information content (AvgIpc) is 2.30. The van der Waals surface area contributed by atoms with E-state index in [1.807, 2.05) is 0 Å². The second kappa shape index (κ2) is 5.35. The summed E-state index contributed by atoms with van der Waals surface area (Å²) in [6.07, 6.45) is -16.4. The van der Waals surface area contributed by atoms with Crippen LogP contribution in [0.15, 0.2) is 24.3 Å². The minimum absolute atomic E-state index is 0.368. The van der Waals surface area contributed by atoms with E-state index in [2.05, 4.69) is 9.47 Å². The van der Waals surface area contributed by atoms with E-state index in [9.17, 15) is 30.7 Å². The molecule has 3 nitrogen and oxygen atoms in total. The summed E-state index contributed by atoms with van der Waals surface area (Å²) in [4.78, 5) is 0. The fourth-order valence-electron chi connectivity index (χ4n) is 0.996. The molecule has 10 heteroatoms. The highest BCUT2D eigenvalue weighted by molar-refractivity contribution is 5.30. The Labute approximate surface area is 107 Å². The summed E-state index contributed by atoms with van der Waals surface area (Å²) in [5.74, 6) is -1.22. The van der Waals surface area contributed by atoms with Crippen molar-refractivity contribution in [2.24, 2.45) is 0 Å². The van der Waals surface area contributed by atoms with E-state index in [-0.39, 0.29) is 5.75 Å². The summed E-state index contributed by atoms with van der Waals surface area (Å²) in [5.41, 5.74) is 0. The molecule has 1 rings (SSSR count). The number of benzene rings is 1. The number of alkyl halides is 7. The lowest BCUT2D eigenvalue weighted by molar-refractivity contribution is -0.466. The van der Waals surface area contributed by atoms with E-state index in [0.29, 0.717) is 12.1 Å². The fourth-order valence-corrected chi connectivity index (χ4v) is 0.996. The van der Waals surface area contributed by atoms with E-state index in [4.69, 9.17) is 5.11 Å². The van der Waals surface area contributed by atoms with Gasteiger partial charge in [-0.3, -0.25) is 0 Å². The van der Waals surface area contributed by atoms with Crippen molar-refractivity contribution >= 4 is 0 Å². The lowest BCUT2D eigenvalue weighted by atomic mass is 10.3. The first-order valence-corrected chi connectivity index (χ1v) is 4.87. The van der Waals surface area contributed by atoms with Crippen molar-refractivity contribution in [3.8, 4) is 11.5 Å². The molecule has 0 aliphatic heterocycles. The number of hydrogen-bond acceptors (Lipinski definition) is 3. The van der Waals surface area contributed by atoms with Crippen LogP contribution in [0.3, 0.4) is 0 Å². The van der Waals surface area contributed by atoms with Gasteiger partial charge in [0.15, 0.2) is 6.67 Å². The third-order valence-electron chi connectivity index (χ3n) is 1.85. The van der Waals surface area contributed by atoms with E-state index < -0.39 is 30.7 Å². The number of aromatic hydroxyl groups is 1. The van der Waals surface area contributed by atoms with Crippen molar-refractivity contribution in [3.05, 3.63) is 24.3 Å². The molecule has 0 aromatic heterocycles. The number of ether oxygens (including phenoxy) is 2. The van der Waals surface area contributed by atoms with Crippen molar-refractivity contribution in [1.29, 1.82) is 0 Å². The van der Waals surface area contributed by atoms with Crippen LogP contribution in [0.25, 0.3) is 0 Å². The maximum absolute atomic E-state index is 13.0. The van der Waals surface area contributed by atoms with Crippen molar-refractivity contribution in [2.75, 3.05) is 6.67 Å². The topological polar surface area (TPSA) is 38.7 Å². The quantitative estimate of drug-likeness (QED) is 0.817. The predicted molar refractivity (Wildman–Crippen MR) is 50.6 cm³/mol. The van der Waals surface area contributed by atoms with Crippen LogP contribution in [-0.2, 0) is 4.74 Å². The normalized spacial score (nSPS) is 13.3. The molecule has 1 N–H and O–H groups in total. The van der Waals surface area contributed by atoms with Gasteiger partial charge >= 0.3 is 18.3 Å². The number of halogens is 7. The van der Waals surface area contributed by atoms with Gasteiger partial charge in [0.2, 0.25) is 0 Å². The maximum atomic E-state index is 13.0. The molecule has 0 bridgehead atoms. The van der Waals surface area contributed by atoms with Gasteiger partial charge in [0.1, 0.15) is 11.5 Å². The standard InChI is InChI=1S/C10H7F7O3/c11-5-8(12,13)20-10(16,17)9(14,15)19-7-3-1-6(18)2-4-7/h1-4,18H,5H2. The largest absolute Gasteiger partial charge is 0.508 e. The molecular formula is C10H7F7O3. The molecule has 114 valence electrons. The summed E-state index contributed by atoms with van der Waals surface area (Å²) in [7, 11) is 0. The zero-order valence-electron chi connectivity index (χ0n) is 9.43. The predicted octanol–water partition coefficient (Wildman–Crippen LogP) is 3.54. The van der Waals surface area contributed by atoms with E-state index in [1.54, 1.807) is 0 Å². The minimum atomic E-state index is -5.78. The summed E-state index contributed by atoms with van der Waals surface area (Å²) in [5, 5.41) is 8.84. The number of phenolic OH excluding ortho intramolecular Hbond substituents is 1. The Morgan fingerprint density at radius 2 is 1.40 bits per heavy atom. The molecule has 0 spiro atoms. The van der Waals surface area contributed by atoms with Crippen molar-refractivity contribution < 1.29 is 45.3 Å². The van der Waals surface area contributed by atoms with Gasteiger partial charge in [0.25, 0.3) is 0 Å². The van der Waals surface area contributed by atoms with Gasteiger partial charge in [0.05, 0.1) is 0 Å². The van der Waals surface area contributed by atoms with Gasteiger partial charge < -0.3 is 9.84 Å². The first-order valence-electron chi connectivity index (χ1n) is 4.87. The number of rotatable bonds is 6. The second-order valence-electron chi connectivity index (χ2n) is 3.50. The van der Waals surface area contributed by atoms with Gasteiger partial charge in [-0.1, -0.05) is 0 Å². The van der Waals surface area contributed by atoms with Crippen LogP contribution in [0.1, 0.15) is 0 Å². The lowest BCUT2D eigenvalue weighted by Crippen LogP contribution is -2.51. The highest BCUT2D eigenvalue weighted by atomic mass is 19.3. The van der Waals surface area contributed by atoms with Gasteiger partial charge in [-0.25, -0.2) is 9.13 Å². The summed E-state index contributed by atoms with van der Waals surface area (Å²) >= 11 is 0. The second-order valence-corrected chi connectivity index (χ2v) is 3.50. The molecule has 0 heterocycles. The maximum Gasteiger partial charge on any atom is 0.494 e. The fraction of sp³-hybridized carbons (Fsp3) is 0.400. The Hall–Kier alpha value is -1.71. The Kier molecular flexibility index (Phi) is 4.37. The minimum Gasteiger partial charge on any atom is -0.508 e. The van der Waals surface area contributed by atoms with E-state index in [1.165, 1.54) is 0 Å². The molecule has 0 aliphatic carbocycles. The molecule has 0 saturated heterocycles. The zero-order valence-corrected chi connectivity index (χ0v) is 9.43. The van der Waals surface area contributed by atoms with Crippen molar-refractivity contribution in [2.45, 2.75) is 18.3 Å². The van der Waals surface area contributed by atoms with Crippen LogP contribution in [0.4, 0.5) is 30.7 Å². The highest BCUT2D eigenvalue weighted by Gasteiger charge is 2.65. The van der Waals surface area contributed by atoms with E-state index in [0.717, 1.165) is 12.1 Å². The Bertz CT molecular complexity index is 447. The average molecular weight is 308 g/mol. The summed E-state index contributed by atoms with van der Waals surface area (Å²) in [6, 6.07) is 3.04. The van der Waals surface area contributed by atoms with Crippen LogP contribution >= 0.6 is 0 Å². The smallest absolute Gasteiger partial charge is 0.494 e. The summed E-state index contributed by atoms with van der Waals surface area (Å²) in [6.45, 7) is -2.71. The molecule has 0 amide bonds. The van der Waals surface area contributed by atoms with Crippen LogP contribution < -0.4 is 4.74 Å². The molecule has 0 atom stereocenters. The molecule has 20 heavy (non-hydrogen) atoms. The van der Waals surface area contributed by atoms with Crippen molar-refractivity contribution in [3.63, 3.8) is 0 Å². The Morgan fingerprint density at radius 1 is 0.900 bits per heavy atom. The Morgan fingerprint density at radius 3 is 1.85 bits per heavy atom. The third kappa shape index (κ3) is 3.89. The highest BCUT2D eigenvalue weighted by Crippen LogP contribution is 2.41. The number of hydrogen-bond donors (Lipinski definition) is 1. The number of phenols is 1. The third-order valence-corrected chi connectivity index (χ3v) is 1.85. The van der Waals surface area contributed by atoms with E-state index >= 15 is 0 Å². The zero-order chi connectivity index (χ0) is 15.6. The molecule has 1 aromatic carbocycles. The molecule has 1 aromatic rings. The summed E-state index contributed by atoms with van der Waals surface area (Å²) < 4.78 is 94.0. The van der Waals surface area contributed by atoms with Crippen LogP contribution in [0, 0.1) is 0 Å². The van der Waals surface area contributed by atoms with Crippen LogP contribution in [0.2, 0.25) is 0 Å². The Balaban J connectivity index is 2.88. The molecule has 0 saturated carbocycles. The van der Waals surface area contributed by atoms with Crippen LogP contribution in [0.5, 0.6) is 11.5 Å². The van der Waals surface area contributed by atoms with Gasteiger partial charge in [-0.15, -0.1) is 0 Å². The van der Waals surface area contributed by atoms with Gasteiger partial charge in [-0.2, -0.15) is 26.3 Å². The molecule has 0 fully saturated rings. The SMILES string of the molecule is Oc1ccc(OC(F)(F)C(F)(F)OC(F)(F)CF)cc1. The molecular weight excluding hydrogens is 301 g/mol. The van der Waals surface area contributed by atoms with Gasteiger partial charge in [-0.05, 0) is 24.3 Å². The van der Waals surface area contributed by atoms with Crippen LogP contribution in [-0.4, -0.2) is 30.1 Å².